The van der Waals surface area contributed by atoms with Gasteiger partial charge in [0.15, 0.2) is 0 Å². The molecule has 20 heavy (non-hydrogen) atoms. The van der Waals surface area contributed by atoms with Gasteiger partial charge in [0.2, 0.25) is 0 Å². The quantitative estimate of drug-likeness (QED) is 0.841. The predicted molar refractivity (Wildman–Crippen MR) is 92.3 cm³/mol. The minimum Gasteiger partial charge on any atom is -0.317 e. The number of halogens is 1. The average Bonchev–Trinajstić information content (AvgIpc) is 2.73. The summed E-state index contributed by atoms with van der Waals surface area (Å²) in [6, 6.07) is 2.92. The van der Waals surface area contributed by atoms with Crippen molar-refractivity contribution < 1.29 is 0 Å². The smallest absolute Gasteiger partial charge is 0.0325 e. The van der Waals surface area contributed by atoms with Crippen LogP contribution in [0.1, 0.15) is 38.0 Å². The van der Waals surface area contributed by atoms with Crippen molar-refractivity contribution in [3.63, 3.8) is 0 Å². The fourth-order valence-electron chi connectivity index (χ4n) is 3.48. The van der Waals surface area contributed by atoms with Gasteiger partial charge >= 0.3 is 0 Å². The minimum absolute atomic E-state index is 0.505. The molecule has 2 nitrogen and oxygen atoms in total. The summed E-state index contributed by atoms with van der Waals surface area (Å²) in [4.78, 5) is 3.92. The van der Waals surface area contributed by atoms with E-state index < -0.39 is 0 Å². The Bertz CT molecular complexity index is 430. The molecule has 2 rings (SSSR count). The fraction of sp³-hybridized carbons (Fsp3) is 0.750. The van der Waals surface area contributed by atoms with E-state index >= 15 is 0 Å². The third-order valence-electron chi connectivity index (χ3n) is 4.48. The van der Waals surface area contributed by atoms with Crippen molar-refractivity contribution in [2.24, 2.45) is 11.3 Å². The summed E-state index contributed by atoms with van der Waals surface area (Å²) >= 11 is 5.38. The third-order valence-corrected chi connectivity index (χ3v) is 6.16. The van der Waals surface area contributed by atoms with E-state index in [4.69, 9.17) is 0 Å². The molecule has 2 atom stereocenters. The Balaban J connectivity index is 1.92. The second-order valence-electron chi connectivity index (χ2n) is 6.99. The van der Waals surface area contributed by atoms with E-state index in [9.17, 15) is 0 Å². The zero-order chi connectivity index (χ0) is 14.8. The van der Waals surface area contributed by atoms with Crippen LogP contribution in [-0.2, 0) is 6.54 Å². The first-order valence-corrected chi connectivity index (χ1v) is 9.15. The molecule has 114 valence electrons. The highest BCUT2D eigenvalue weighted by Gasteiger charge is 2.34. The summed E-state index contributed by atoms with van der Waals surface area (Å²) in [6.07, 6.45) is 3.99. The van der Waals surface area contributed by atoms with Crippen LogP contribution in [-0.4, -0.2) is 31.6 Å². The molecule has 1 saturated carbocycles. The molecule has 1 fully saturated rings. The van der Waals surface area contributed by atoms with E-state index in [1.54, 1.807) is 0 Å². The molecule has 0 spiro atoms. The maximum absolute atomic E-state index is 3.54. The zero-order valence-electron chi connectivity index (χ0n) is 13.1. The van der Waals surface area contributed by atoms with E-state index in [0.717, 1.165) is 12.5 Å². The van der Waals surface area contributed by atoms with Gasteiger partial charge in [-0.05, 0) is 66.7 Å². The van der Waals surface area contributed by atoms with Gasteiger partial charge in [-0.1, -0.05) is 13.8 Å². The maximum atomic E-state index is 3.54. The summed E-state index contributed by atoms with van der Waals surface area (Å²) in [7, 11) is 4.37. The topological polar surface area (TPSA) is 15.3 Å². The van der Waals surface area contributed by atoms with Crippen molar-refractivity contribution in [3.05, 3.63) is 20.8 Å². The Morgan fingerprint density at radius 2 is 2.25 bits per heavy atom. The predicted octanol–water partition coefficient (Wildman–Crippen LogP) is 4.36. The lowest BCUT2D eigenvalue weighted by atomic mass is 9.70. The highest BCUT2D eigenvalue weighted by molar-refractivity contribution is 9.10. The molecule has 1 aromatic rings. The molecule has 0 saturated heterocycles. The second kappa shape index (κ2) is 6.91. The Morgan fingerprint density at radius 3 is 2.85 bits per heavy atom. The minimum atomic E-state index is 0.505. The SMILES string of the molecule is CNC1CCC(C)(C)CC1CN(C)Cc1cc(Br)cs1. The number of hydrogen-bond donors (Lipinski definition) is 1. The van der Waals surface area contributed by atoms with Gasteiger partial charge in [-0.15, -0.1) is 11.3 Å². The van der Waals surface area contributed by atoms with Crippen LogP contribution in [0.25, 0.3) is 0 Å². The summed E-state index contributed by atoms with van der Waals surface area (Å²) in [5, 5.41) is 5.70. The van der Waals surface area contributed by atoms with E-state index in [0.29, 0.717) is 11.5 Å². The number of thiophene rings is 1. The molecule has 0 amide bonds. The molecule has 1 aliphatic carbocycles. The molecule has 1 aromatic heterocycles. The van der Waals surface area contributed by atoms with Crippen LogP contribution < -0.4 is 5.32 Å². The first-order chi connectivity index (χ1) is 9.39. The maximum Gasteiger partial charge on any atom is 0.0325 e. The van der Waals surface area contributed by atoms with E-state index in [1.807, 2.05) is 11.3 Å². The number of rotatable bonds is 5. The second-order valence-corrected chi connectivity index (χ2v) is 8.90. The molecular weight excluding hydrogens is 332 g/mol. The van der Waals surface area contributed by atoms with Crippen molar-refractivity contribution >= 4 is 27.3 Å². The molecule has 1 aliphatic rings. The molecule has 0 bridgehead atoms. The van der Waals surface area contributed by atoms with Gasteiger partial charge in [-0.2, -0.15) is 0 Å². The molecule has 0 aliphatic heterocycles. The van der Waals surface area contributed by atoms with Crippen LogP contribution in [0.3, 0.4) is 0 Å². The lowest BCUT2D eigenvalue weighted by molar-refractivity contribution is 0.110. The Labute approximate surface area is 136 Å². The van der Waals surface area contributed by atoms with Crippen molar-refractivity contribution in [2.45, 2.75) is 45.7 Å². The normalized spacial score (nSPS) is 26.1. The Morgan fingerprint density at radius 1 is 1.50 bits per heavy atom. The fourth-order valence-corrected chi connectivity index (χ4v) is 5.01. The summed E-state index contributed by atoms with van der Waals surface area (Å²) in [6.45, 7) is 7.08. The molecule has 1 heterocycles. The van der Waals surface area contributed by atoms with Crippen molar-refractivity contribution in [1.29, 1.82) is 0 Å². The summed E-state index contributed by atoms with van der Waals surface area (Å²) < 4.78 is 1.21. The van der Waals surface area contributed by atoms with Crippen LogP contribution in [0, 0.1) is 11.3 Å². The highest BCUT2D eigenvalue weighted by atomic mass is 79.9. The lowest BCUT2D eigenvalue weighted by Crippen LogP contribution is -2.45. The largest absolute Gasteiger partial charge is 0.317 e. The monoisotopic (exact) mass is 358 g/mol. The third kappa shape index (κ3) is 4.55. The molecule has 4 heteroatoms. The van der Waals surface area contributed by atoms with Crippen molar-refractivity contribution in [1.82, 2.24) is 10.2 Å². The number of hydrogen-bond acceptors (Lipinski definition) is 3. The van der Waals surface area contributed by atoms with Crippen LogP contribution in [0.15, 0.2) is 15.9 Å². The standard InChI is InChI=1S/C16H27BrN2S/c1-16(2)6-5-15(18-3)12(8-16)9-19(4)10-14-7-13(17)11-20-14/h7,11-12,15,18H,5-6,8-10H2,1-4H3. The average molecular weight is 359 g/mol. The van der Waals surface area contributed by atoms with E-state index in [-0.39, 0.29) is 0 Å². The van der Waals surface area contributed by atoms with Gasteiger partial charge in [0.1, 0.15) is 0 Å². The zero-order valence-corrected chi connectivity index (χ0v) is 15.5. The highest BCUT2D eigenvalue weighted by Crippen LogP contribution is 2.39. The molecule has 0 aromatic carbocycles. The van der Waals surface area contributed by atoms with Crippen LogP contribution in [0.4, 0.5) is 0 Å². The molecule has 1 N–H and O–H groups in total. The first kappa shape index (κ1) is 16.5. The van der Waals surface area contributed by atoms with Crippen LogP contribution >= 0.6 is 27.3 Å². The van der Waals surface area contributed by atoms with Gasteiger partial charge in [-0.25, -0.2) is 0 Å². The summed E-state index contributed by atoms with van der Waals surface area (Å²) in [5.41, 5.74) is 0.505. The first-order valence-electron chi connectivity index (χ1n) is 7.48. The van der Waals surface area contributed by atoms with Crippen molar-refractivity contribution in [2.75, 3.05) is 20.6 Å². The van der Waals surface area contributed by atoms with Gasteiger partial charge < -0.3 is 10.2 Å². The van der Waals surface area contributed by atoms with Crippen LogP contribution in [0.5, 0.6) is 0 Å². The number of nitrogens with zero attached hydrogens (tertiary/aromatic N) is 1. The number of nitrogens with one attached hydrogen (secondary N) is 1. The van der Waals surface area contributed by atoms with E-state index in [2.05, 4.69) is 65.5 Å². The van der Waals surface area contributed by atoms with Gasteiger partial charge in [0, 0.05) is 33.9 Å². The Kier molecular flexibility index (Phi) is 5.69. The molecule has 0 radical (unpaired) electrons. The van der Waals surface area contributed by atoms with E-state index in [1.165, 1.54) is 35.2 Å². The Hall–Kier alpha value is 0.1000. The van der Waals surface area contributed by atoms with Gasteiger partial charge in [-0.3, -0.25) is 0 Å². The van der Waals surface area contributed by atoms with Crippen molar-refractivity contribution in [3.8, 4) is 0 Å². The summed E-state index contributed by atoms with van der Waals surface area (Å²) in [5.74, 6) is 0.761. The van der Waals surface area contributed by atoms with Gasteiger partial charge in [0.25, 0.3) is 0 Å². The molecule has 2 unspecified atom stereocenters. The van der Waals surface area contributed by atoms with Crippen LogP contribution in [0.2, 0.25) is 0 Å². The van der Waals surface area contributed by atoms with Gasteiger partial charge in [0.05, 0.1) is 0 Å². The molecular formula is C16H27BrN2S. The lowest BCUT2D eigenvalue weighted by Gasteiger charge is -2.42.